The highest BCUT2D eigenvalue weighted by atomic mass is 16.5. The van der Waals surface area contributed by atoms with Gasteiger partial charge in [0, 0.05) is 5.92 Å². The van der Waals surface area contributed by atoms with Crippen molar-refractivity contribution in [2.45, 2.75) is 48.0 Å². The van der Waals surface area contributed by atoms with Crippen LogP contribution < -0.4 is 0 Å². The Balaban J connectivity index is 0.00000154. The van der Waals surface area contributed by atoms with Gasteiger partial charge in [0.05, 0.1) is 7.11 Å². The van der Waals surface area contributed by atoms with Crippen molar-refractivity contribution in [3.05, 3.63) is 47.3 Å². The molecular weight excluding hydrogens is 232 g/mol. The van der Waals surface area contributed by atoms with E-state index < -0.39 is 0 Å². The summed E-state index contributed by atoms with van der Waals surface area (Å²) in [4.78, 5) is 0. The van der Waals surface area contributed by atoms with E-state index in [9.17, 15) is 0 Å². The molecule has 0 aromatic carbocycles. The molecule has 0 saturated heterocycles. The number of hydrogen-bond donors (Lipinski definition) is 0. The molecular formula is C18H30O. The lowest BCUT2D eigenvalue weighted by Gasteiger charge is -2.26. The van der Waals surface area contributed by atoms with Gasteiger partial charge in [-0.15, -0.1) is 0 Å². The van der Waals surface area contributed by atoms with E-state index in [0.717, 1.165) is 12.2 Å². The molecule has 1 heteroatoms. The predicted octanol–water partition coefficient (Wildman–Crippen LogP) is 5.67. The smallest absolute Gasteiger partial charge is 0.103 e. The molecule has 0 aliphatic heterocycles. The first-order valence-electron chi connectivity index (χ1n) is 7.36. The van der Waals surface area contributed by atoms with Crippen molar-refractivity contribution in [2.24, 2.45) is 11.8 Å². The first-order valence-corrected chi connectivity index (χ1v) is 7.36. The molecule has 2 atom stereocenters. The molecule has 0 aromatic heterocycles. The van der Waals surface area contributed by atoms with Crippen LogP contribution in [0.4, 0.5) is 0 Å². The Morgan fingerprint density at radius 3 is 2.47 bits per heavy atom. The summed E-state index contributed by atoms with van der Waals surface area (Å²) < 4.78 is 5.45. The Labute approximate surface area is 119 Å². The fourth-order valence-corrected chi connectivity index (χ4v) is 1.93. The number of hydrogen-bond acceptors (Lipinski definition) is 1. The molecule has 0 radical (unpaired) electrons. The van der Waals surface area contributed by atoms with E-state index in [1.807, 2.05) is 13.8 Å². The molecule has 0 amide bonds. The van der Waals surface area contributed by atoms with Crippen LogP contribution in [-0.2, 0) is 4.74 Å². The summed E-state index contributed by atoms with van der Waals surface area (Å²) in [5.74, 6) is 1.94. The van der Waals surface area contributed by atoms with Crippen molar-refractivity contribution in [3.8, 4) is 0 Å². The summed E-state index contributed by atoms with van der Waals surface area (Å²) in [6.07, 6.45) is 11.9. The predicted molar refractivity (Wildman–Crippen MR) is 86.0 cm³/mol. The Morgan fingerprint density at radius 1 is 1.32 bits per heavy atom. The minimum atomic E-state index is 0.367. The van der Waals surface area contributed by atoms with E-state index in [1.54, 1.807) is 7.11 Å². The average Bonchev–Trinajstić information content (AvgIpc) is 2.45. The third-order valence-corrected chi connectivity index (χ3v) is 3.59. The van der Waals surface area contributed by atoms with E-state index >= 15 is 0 Å². The molecule has 1 aliphatic carbocycles. The van der Waals surface area contributed by atoms with Gasteiger partial charge in [0.2, 0.25) is 0 Å². The highest BCUT2D eigenvalue weighted by Crippen LogP contribution is 2.32. The van der Waals surface area contributed by atoms with Crippen molar-refractivity contribution in [2.75, 3.05) is 7.11 Å². The van der Waals surface area contributed by atoms with Crippen LogP contribution in [-0.4, -0.2) is 7.11 Å². The van der Waals surface area contributed by atoms with Crippen LogP contribution in [0.15, 0.2) is 47.3 Å². The monoisotopic (exact) mass is 262 g/mol. The molecule has 1 nitrogen and oxygen atoms in total. The highest BCUT2D eigenvalue weighted by Gasteiger charge is 2.23. The first kappa shape index (κ1) is 17.8. The van der Waals surface area contributed by atoms with Gasteiger partial charge < -0.3 is 4.74 Å². The highest BCUT2D eigenvalue weighted by molar-refractivity contribution is 5.29. The Hall–Kier alpha value is -1.24. The lowest BCUT2D eigenvalue weighted by Crippen LogP contribution is -2.17. The Bertz CT molecular complexity index is 369. The van der Waals surface area contributed by atoms with E-state index in [4.69, 9.17) is 4.74 Å². The molecule has 0 heterocycles. The molecule has 0 spiro atoms. The quantitative estimate of drug-likeness (QED) is 0.593. The second kappa shape index (κ2) is 9.66. The zero-order valence-corrected chi connectivity index (χ0v) is 13.7. The van der Waals surface area contributed by atoms with Gasteiger partial charge in [0.25, 0.3) is 0 Å². The normalized spacial score (nSPS) is 23.4. The molecule has 0 fully saturated rings. The van der Waals surface area contributed by atoms with E-state index in [1.165, 1.54) is 11.1 Å². The number of rotatable bonds is 4. The molecule has 0 saturated carbocycles. The summed E-state index contributed by atoms with van der Waals surface area (Å²) in [5.41, 5.74) is 2.82. The minimum Gasteiger partial charge on any atom is -0.500 e. The summed E-state index contributed by atoms with van der Waals surface area (Å²) >= 11 is 0. The fourth-order valence-electron chi connectivity index (χ4n) is 1.93. The zero-order valence-electron chi connectivity index (χ0n) is 13.7. The van der Waals surface area contributed by atoms with Gasteiger partial charge in [-0.3, -0.25) is 0 Å². The maximum absolute atomic E-state index is 5.45. The van der Waals surface area contributed by atoms with Crippen LogP contribution in [0.5, 0.6) is 0 Å². The van der Waals surface area contributed by atoms with Crippen molar-refractivity contribution in [1.82, 2.24) is 0 Å². The molecule has 1 aliphatic rings. The first-order chi connectivity index (χ1) is 9.10. The molecule has 108 valence electrons. The molecule has 0 bridgehead atoms. The third kappa shape index (κ3) is 5.50. The number of ether oxygens (including phenoxy) is 1. The van der Waals surface area contributed by atoms with Crippen LogP contribution in [0.3, 0.4) is 0 Å². The largest absolute Gasteiger partial charge is 0.500 e. The average molecular weight is 262 g/mol. The van der Waals surface area contributed by atoms with Gasteiger partial charge in [-0.1, -0.05) is 63.1 Å². The number of allylic oxidation sites excluding steroid dienone is 7. The van der Waals surface area contributed by atoms with Gasteiger partial charge in [-0.2, -0.15) is 0 Å². The lowest BCUT2D eigenvalue weighted by molar-refractivity contribution is 0.237. The van der Waals surface area contributed by atoms with Gasteiger partial charge in [-0.25, -0.2) is 0 Å². The molecule has 19 heavy (non-hydrogen) atoms. The second-order valence-corrected chi connectivity index (χ2v) is 4.75. The summed E-state index contributed by atoms with van der Waals surface area (Å²) in [5, 5.41) is 0. The van der Waals surface area contributed by atoms with Crippen molar-refractivity contribution < 1.29 is 4.74 Å². The topological polar surface area (TPSA) is 9.23 Å². The fraction of sp³-hybridized carbons (Fsp3) is 0.556. The standard InChI is InChI=1S/C16H24O.C2H6/c1-6-12(2)8-7-9-15-14(4)13(3)10-11-16(15)17-5;1-2/h7-11,14-15H,6H2,1-5H3;1-2H3/b9-7-,12-8+;. The summed E-state index contributed by atoms with van der Waals surface area (Å²) in [7, 11) is 1.75. The van der Waals surface area contributed by atoms with Crippen LogP contribution in [0.1, 0.15) is 48.0 Å². The van der Waals surface area contributed by atoms with E-state index in [-0.39, 0.29) is 0 Å². The molecule has 2 unspecified atom stereocenters. The van der Waals surface area contributed by atoms with Crippen LogP contribution in [0.2, 0.25) is 0 Å². The van der Waals surface area contributed by atoms with Crippen LogP contribution in [0.25, 0.3) is 0 Å². The SMILES string of the molecule is CC.CC/C(C)=C/C=C\C1C(OC)=CC=C(C)C1C. The van der Waals surface area contributed by atoms with Crippen molar-refractivity contribution in [1.29, 1.82) is 0 Å². The van der Waals surface area contributed by atoms with Gasteiger partial charge in [0.1, 0.15) is 5.76 Å². The van der Waals surface area contributed by atoms with Gasteiger partial charge in [0.15, 0.2) is 0 Å². The van der Waals surface area contributed by atoms with Gasteiger partial charge >= 0.3 is 0 Å². The van der Waals surface area contributed by atoms with E-state index in [0.29, 0.717) is 11.8 Å². The summed E-state index contributed by atoms with van der Waals surface area (Å²) in [6, 6.07) is 0. The summed E-state index contributed by atoms with van der Waals surface area (Å²) in [6.45, 7) is 12.8. The van der Waals surface area contributed by atoms with Gasteiger partial charge in [-0.05, 0) is 32.3 Å². The van der Waals surface area contributed by atoms with Crippen molar-refractivity contribution in [3.63, 3.8) is 0 Å². The van der Waals surface area contributed by atoms with Crippen LogP contribution >= 0.6 is 0 Å². The maximum Gasteiger partial charge on any atom is 0.103 e. The molecule has 1 rings (SSSR count). The maximum atomic E-state index is 5.45. The minimum absolute atomic E-state index is 0.367. The second-order valence-electron chi connectivity index (χ2n) is 4.75. The Kier molecular flexibility index (Phi) is 9.03. The molecule has 0 N–H and O–H groups in total. The van der Waals surface area contributed by atoms with E-state index in [2.05, 4.69) is 58.1 Å². The van der Waals surface area contributed by atoms with Crippen molar-refractivity contribution >= 4 is 0 Å². The van der Waals surface area contributed by atoms with Crippen LogP contribution in [0, 0.1) is 11.8 Å². The number of methoxy groups -OCH3 is 1. The molecule has 0 aromatic rings. The Morgan fingerprint density at radius 2 is 1.95 bits per heavy atom. The zero-order chi connectivity index (χ0) is 14.8. The lowest BCUT2D eigenvalue weighted by atomic mass is 9.82. The third-order valence-electron chi connectivity index (χ3n) is 3.59.